The Morgan fingerprint density at radius 2 is 1.87 bits per heavy atom. The molecule has 0 aliphatic heterocycles. The number of hydrogen-bond donors (Lipinski definition) is 1. The van der Waals surface area contributed by atoms with E-state index in [-0.39, 0.29) is 29.1 Å². The second-order valence-corrected chi connectivity index (χ2v) is 5.09. The summed E-state index contributed by atoms with van der Waals surface area (Å²) in [6, 6.07) is 3.64. The monoisotopic (exact) mass is 210 g/mol. The van der Waals surface area contributed by atoms with Crippen LogP contribution < -0.4 is 0 Å². The second-order valence-electron chi connectivity index (χ2n) is 5.09. The average Bonchev–Trinajstić information content (AvgIpc) is 2.07. The maximum absolute atomic E-state index is 13.5. The number of hydrogen-bond acceptors (Lipinski definition) is 1. The molecule has 0 atom stereocenters. The van der Waals surface area contributed by atoms with Crippen LogP contribution in [-0.4, -0.2) is 11.7 Å². The van der Waals surface area contributed by atoms with Crippen molar-refractivity contribution in [2.45, 2.75) is 24.7 Å². The first-order valence-corrected chi connectivity index (χ1v) is 5.16. The first-order chi connectivity index (χ1) is 7.09. The van der Waals surface area contributed by atoms with Gasteiger partial charge in [0.25, 0.3) is 0 Å². The Kier molecular flexibility index (Phi) is 1.60. The number of rotatable bonds is 2. The summed E-state index contributed by atoms with van der Waals surface area (Å²) in [4.78, 5) is 0. The summed E-state index contributed by atoms with van der Waals surface area (Å²) in [5, 5.41) is 9.10. The van der Waals surface area contributed by atoms with E-state index in [1.807, 2.05) is 0 Å². The van der Waals surface area contributed by atoms with Crippen molar-refractivity contribution in [3.8, 4) is 0 Å². The summed E-state index contributed by atoms with van der Waals surface area (Å²) in [6.45, 7) is 0.172. The SMILES string of the molecule is OCC12CC(c3cc(F)ccc3F)(C1)C2. The van der Waals surface area contributed by atoms with E-state index in [4.69, 9.17) is 5.11 Å². The van der Waals surface area contributed by atoms with Crippen molar-refractivity contribution in [3.63, 3.8) is 0 Å². The van der Waals surface area contributed by atoms with Crippen molar-refractivity contribution in [3.05, 3.63) is 35.4 Å². The largest absolute Gasteiger partial charge is 0.396 e. The van der Waals surface area contributed by atoms with Gasteiger partial charge < -0.3 is 5.11 Å². The van der Waals surface area contributed by atoms with E-state index < -0.39 is 0 Å². The molecule has 4 rings (SSSR count). The predicted molar refractivity (Wildman–Crippen MR) is 51.4 cm³/mol. The highest BCUT2D eigenvalue weighted by atomic mass is 19.1. The lowest BCUT2D eigenvalue weighted by molar-refractivity contribution is -0.169. The molecule has 0 aromatic heterocycles. The molecule has 80 valence electrons. The van der Waals surface area contributed by atoms with Crippen LogP contribution in [0, 0.1) is 17.0 Å². The second kappa shape index (κ2) is 2.59. The quantitative estimate of drug-likeness (QED) is 0.794. The van der Waals surface area contributed by atoms with E-state index in [9.17, 15) is 8.78 Å². The maximum atomic E-state index is 13.5. The van der Waals surface area contributed by atoms with Gasteiger partial charge >= 0.3 is 0 Å². The molecule has 1 aromatic carbocycles. The van der Waals surface area contributed by atoms with Crippen LogP contribution >= 0.6 is 0 Å². The van der Waals surface area contributed by atoms with Crippen molar-refractivity contribution < 1.29 is 13.9 Å². The van der Waals surface area contributed by atoms with E-state index in [2.05, 4.69) is 0 Å². The Hall–Kier alpha value is -0.960. The zero-order valence-electron chi connectivity index (χ0n) is 8.26. The summed E-state index contributed by atoms with van der Waals surface area (Å²) >= 11 is 0. The standard InChI is InChI=1S/C12H12F2O/c13-8-1-2-10(14)9(3-8)12-4-11(5-12,6-12)7-15/h1-3,15H,4-7H2. The topological polar surface area (TPSA) is 20.2 Å². The van der Waals surface area contributed by atoms with Crippen LogP contribution in [0.15, 0.2) is 18.2 Å². The summed E-state index contributed by atoms with van der Waals surface area (Å²) in [6.07, 6.45) is 2.41. The van der Waals surface area contributed by atoms with Crippen LogP contribution in [0.25, 0.3) is 0 Å². The van der Waals surface area contributed by atoms with Crippen LogP contribution in [0.4, 0.5) is 8.78 Å². The van der Waals surface area contributed by atoms with Gasteiger partial charge in [0.2, 0.25) is 0 Å². The minimum Gasteiger partial charge on any atom is -0.396 e. The Bertz CT molecular complexity index is 408. The molecule has 2 bridgehead atoms. The van der Waals surface area contributed by atoms with Gasteiger partial charge in [-0.25, -0.2) is 8.78 Å². The average molecular weight is 210 g/mol. The third-order valence-corrected chi connectivity index (χ3v) is 3.98. The fraction of sp³-hybridized carbons (Fsp3) is 0.500. The fourth-order valence-electron chi connectivity index (χ4n) is 3.36. The van der Waals surface area contributed by atoms with Crippen molar-refractivity contribution in [1.29, 1.82) is 0 Å². The lowest BCUT2D eigenvalue weighted by atomic mass is 9.34. The highest BCUT2D eigenvalue weighted by Gasteiger charge is 2.68. The van der Waals surface area contributed by atoms with Gasteiger partial charge in [-0.1, -0.05) is 0 Å². The van der Waals surface area contributed by atoms with E-state index in [1.54, 1.807) is 0 Å². The van der Waals surface area contributed by atoms with Gasteiger partial charge in [-0.3, -0.25) is 0 Å². The number of aliphatic hydroxyl groups is 1. The van der Waals surface area contributed by atoms with Gasteiger partial charge in [0.15, 0.2) is 0 Å². The van der Waals surface area contributed by atoms with Crippen molar-refractivity contribution in [1.82, 2.24) is 0 Å². The molecule has 3 fully saturated rings. The summed E-state index contributed by atoms with van der Waals surface area (Å²) < 4.78 is 26.5. The molecule has 0 spiro atoms. The molecular formula is C12H12F2O. The zero-order valence-corrected chi connectivity index (χ0v) is 8.26. The fourth-order valence-corrected chi connectivity index (χ4v) is 3.36. The number of aliphatic hydroxyl groups excluding tert-OH is 1. The Morgan fingerprint density at radius 3 is 2.47 bits per heavy atom. The molecule has 1 aromatic rings. The molecule has 0 radical (unpaired) electrons. The maximum Gasteiger partial charge on any atom is 0.127 e. The Balaban J connectivity index is 1.93. The summed E-state index contributed by atoms with van der Waals surface area (Å²) in [5.41, 5.74) is 0.353. The first kappa shape index (κ1) is 9.28. The number of halogens is 2. The van der Waals surface area contributed by atoms with Crippen LogP contribution in [0.2, 0.25) is 0 Å². The smallest absolute Gasteiger partial charge is 0.127 e. The van der Waals surface area contributed by atoms with E-state index in [1.165, 1.54) is 12.1 Å². The highest BCUT2D eigenvalue weighted by Crippen LogP contribution is 2.73. The molecule has 3 saturated carbocycles. The molecule has 0 heterocycles. The van der Waals surface area contributed by atoms with E-state index in [0.717, 1.165) is 25.3 Å². The van der Waals surface area contributed by atoms with Crippen LogP contribution in [0.1, 0.15) is 24.8 Å². The molecule has 3 aliphatic rings. The van der Waals surface area contributed by atoms with Gasteiger partial charge in [0.1, 0.15) is 11.6 Å². The van der Waals surface area contributed by atoms with Crippen molar-refractivity contribution in [2.24, 2.45) is 5.41 Å². The minimum atomic E-state index is -0.380. The van der Waals surface area contributed by atoms with Gasteiger partial charge in [0.05, 0.1) is 0 Å². The predicted octanol–water partition coefficient (Wildman–Crippen LogP) is 2.38. The third-order valence-electron chi connectivity index (χ3n) is 3.98. The van der Waals surface area contributed by atoms with Crippen molar-refractivity contribution >= 4 is 0 Å². The molecule has 3 aliphatic carbocycles. The van der Waals surface area contributed by atoms with E-state index >= 15 is 0 Å². The molecule has 15 heavy (non-hydrogen) atoms. The minimum absolute atomic E-state index is 0.0265. The van der Waals surface area contributed by atoms with Crippen molar-refractivity contribution in [2.75, 3.05) is 6.61 Å². The van der Waals surface area contributed by atoms with Gasteiger partial charge in [-0.05, 0) is 48.4 Å². The molecule has 0 amide bonds. The number of benzene rings is 1. The Labute approximate surface area is 86.7 Å². The van der Waals surface area contributed by atoms with Gasteiger partial charge in [-0.15, -0.1) is 0 Å². The van der Waals surface area contributed by atoms with E-state index in [0.29, 0.717) is 5.56 Å². The molecular weight excluding hydrogens is 198 g/mol. The lowest BCUT2D eigenvalue weighted by Gasteiger charge is -2.70. The van der Waals surface area contributed by atoms with Crippen LogP contribution in [0.5, 0.6) is 0 Å². The molecule has 1 N–H and O–H groups in total. The summed E-state index contributed by atoms with van der Waals surface area (Å²) in [7, 11) is 0. The molecule has 3 heteroatoms. The first-order valence-electron chi connectivity index (χ1n) is 5.16. The lowest BCUT2D eigenvalue weighted by Crippen LogP contribution is -2.66. The molecule has 0 saturated heterocycles. The third kappa shape index (κ3) is 1.04. The van der Waals surface area contributed by atoms with Gasteiger partial charge in [0, 0.05) is 12.0 Å². The molecule has 1 nitrogen and oxygen atoms in total. The zero-order chi connectivity index (χ0) is 10.7. The normalized spacial score (nSPS) is 37.0. The van der Waals surface area contributed by atoms with Gasteiger partial charge in [-0.2, -0.15) is 0 Å². The highest BCUT2D eigenvalue weighted by molar-refractivity contribution is 5.39. The molecule has 0 unspecified atom stereocenters. The Morgan fingerprint density at radius 1 is 1.20 bits per heavy atom. The summed E-state index contributed by atoms with van der Waals surface area (Å²) in [5.74, 6) is -0.697. The van der Waals surface area contributed by atoms with Crippen LogP contribution in [-0.2, 0) is 5.41 Å². The van der Waals surface area contributed by atoms with Crippen LogP contribution in [0.3, 0.4) is 0 Å².